The molecule has 0 saturated carbocycles. The summed E-state index contributed by atoms with van der Waals surface area (Å²) < 4.78 is 17.6. The second-order valence-electron chi connectivity index (χ2n) is 3.18. The first kappa shape index (κ1) is 12.8. The van der Waals surface area contributed by atoms with E-state index in [4.69, 9.17) is 4.52 Å². The number of aromatic nitrogens is 1. The van der Waals surface area contributed by atoms with E-state index >= 15 is 0 Å². The minimum atomic E-state index is -3.77. The van der Waals surface area contributed by atoms with Crippen LogP contribution in [0.2, 0.25) is 0 Å². The summed E-state index contributed by atoms with van der Waals surface area (Å²) in [7, 11) is -3.77. The molecule has 0 aliphatic rings. The predicted octanol–water partition coefficient (Wildman–Crippen LogP) is 2.47. The molecule has 1 aromatic heterocycles. The molecule has 1 rings (SSSR count). The highest BCUT2D eigenvalue weighted by atomic mass is 79.9. The SMILES string of the molecule is CCC(C)OP(=O)(O)c1ccc(Br)cn1. The zero-order valence-corrected chi connectivity index (χ0v) is 11.0. The Kier molecular flexibility index (Phi) is 4.46. The highest BCUT2D eigenvalue weighted by Crippen LogP contribution is 2.41. The van der Waals surface area contributed by atoms with Crippen molar-refractivity contribution in [1.29, 1.82) is 0 Å². The Morgan fingerprint density at radius 2 is 2.33 bits per heavy atom. The summed E-state index contributed by atoms with van der Waals surface area (Å²) in [5, 5.41) is 0. The molecule has 0 amide bonds. The molecule has 4 nitrogen and oxygen atoms in total. The molecule has 1 N–H and O–H groups in total. The summed E-state index contributed by atoms with van der Waals surface area (Å²) in [6.07, 6.45) is 1.89. The van der Waals surface area contributed by atoms with Crippen LogP contribution in [0.1, 0.15) is 20.3 Å². The van der Waals surface area contributed by atoms with Gasteiger partial charge in [0.05, 0.1) is 6.10 Å². The lowest BCUT2D eigenvalue weighted by Crippen LogP contribution is -2.15. The third kappa shape index (κ3) is 3.68. The maximum absolute atomic E-state index is 11.8. The predicted molar refractivity (Wildman–Crippen MR) is 62.2 cm³/mol. The van der Waals surface area contributed by atoms with Gasteiger partial charge in [0, 0.05) is 10.7 Å². The summed E-state index contributed by atoms with van der Waals surface area (Å²) in [6, 6.07) is 3.14. The Hall–Kier alpha value is -0.220. The van der Waals surface area contributed by atoms with E-state index in [9.17, 15) is 9.46 Å². The molecule has 84 valence electrons. The van der Waals surface area contributed by atoms with E-state index in [1.165, 1.54) is 12.3 Å². The van der Waals surface area contributed by atoms with Crippen molar-refractivity contribution in [3.63, 3.8) is 0 Å². The maximum Gasteiger partial charge on any atom is 0.377 e. The Morgan fingerprint density at radius 3 is 2.80 bits per heavy atom. The van der Waals surface area contributed by atoms with E-state index in [0.29, 0.717) is 6.42 Å². The van der Waals surface area contributed by atoms with Crippen molar-refractivity contribution in [1.82, 2.24) is 4.98 Å². The zero-order valence-electron chi connectivity index (χ0n) is 8.55. The molecule has 0 spiro atoms. The minimum Gasteiger partial charge on any atom is -0.320 e. The van der Waals surface area contributed by atoms with Crippen LogP contribution in [0.25, 0.3) is 0 Å². The number of rotatable bonds is 4. The van der Waals surface area contributed by atoms with Gasteiger partial charge in [-0.05, 0) is 41.4 Å². The number of hydrogen-bond acceptors (Lipinski definition) is 3. The molecule has 0 bridgehead atoms. The Balaban J connectivity index is 2.86. The van der Waals surface area contributed by atoms with Gasteiger partial charge < -0.3 is 9.42 Å². The van der Waals surface area contributed by atoms with E-state index in [1.54, 1.807) is 13.0 Å². The van der Waals surface area contributed by atoms with E-state index in [-0.39, 0.29) is 11.5 Å². The van der Waals surface area contributed by atoms with Crippen molar-refractivity contribution in [3.05, 3.63) is 22.8 Å². The molecule has 6 heteroatoms. The Bertz CT molecular complexity index is 368. The van der Waals surface area contributed by atoms with Crippen LogP contribution in [0.15, 0.2) is 22.8 Å². The molecule has 15 heavy (non-hydrogen) atoms. The molecule has 2 atom stereocenters. The maximum atomic E-state index is 11.8. The van der Waals surface area contributed by atoms with Gasteiger partial charge in [0.25, 0.3) is 0 Å². The van der Waals surface area contributed by atoms with Gasteiger partial charge in [0.2, 0.25) is 0 Å². The average Bonchev–Trinajstić information content (AvgIpc) is 2.17. The molecule has 2 unspecified atom stereocenters. The lowest BCUT2D eigenvalue weighted by Gasteiger charge is -2.15. The van der Waals surface area contributed by atoms with Crippen LogP contribution in [0, 0.1) is 0 Å². The largest absolute Gasteiger partial charge is 0.377 e. The molecular weight excluding hydrogens is 281 g/mol. The van der Waals surface area contributed by atoms with Gasteiger partial charge >= 0.3 is 7.60 Å². The fourth-order valence-electron chi connectivity index (χ4n) is 0.908. The molecule has 0 aliphatic heterocycles. The molecule has 0 aliphatic carbocycles. The van der Waals surface area contributed by atoms with Gasteiger partial charge in [0.1, 0.15) is 0 Å². The zero-order chi connectivity index (χ0) is 11.5. The fraction of sp³-hybridized carbons (Fsp3) is 0.444. The summed E-state index contributed by atoms with van der Waals surface area (Å²) in [5.41, 5.74) is 0.0750. The number of pyridine rings is 1. The summed E-state index contributed by atoms with van der Waals surface area (Å²) in [5.74, 6) is 0. The fourth-order valence-corrected chi connectivity index (χ4v) is 2.35. The van der Waals surface area contributed by atoms with Crippen molar-refractivity contribution >= 4 is 29.0 Å². The third-order valence-corrected chi connectivity index (χ3v) is 3.86. The average molecular weight is 294 g/mol. The highest BCUT2D eigenvalue weighted by Gasteiger charge is 2.26. The van der Waals surface area contributed by atoms with Gasteiger partial charge in [-0.15, -0.1) is 0 Å². The van der Waals surface area contributed by atoms with Crippen LogP contribution in [0.3, 0.4) is 0 Å². The normalized spacial score (nSPS) is 17.1. The second kappa shape index (κ2) is 5.21. The lowest BCUT2D eigenvalue weighted by atomic mass is 10.3. The van der Waals surface area contributed by atoms with Gasteiger partial charge in [-0.25, -0.2) is 4.98 Å². The number of hydrogen-bond donors (Lipinski definition) is 1. The van der Waals surface area contributed by atoms with Crippen LogP contribution in [0.4, 0.5) is 0 Å². The monoisotopic (exact) mass is 293 g/mol. The van der Waals surface area contributed by atoms with E-state index in [2.05, 4.69) is 20.9 Å². The van der Waals surface area contributed by atoms with Crippen LogP contribution in [0.5, 0.6) is 0 Å². The minimum absolute atomic E-state index is 0.0750. The van der Waals surface area contributed by atoms with Gasteiger partial charge in [0.15, 0.2) is 5.44 Å². The first-order valence-electron chi connectivity index (χ1n) is 4.59. The molecule has 0 saturated heterocycles. The van der Waals surface area contributed by atoms with Crippen LogP contribution in [-0.4, -0.2) is 16.0 Å². The van der Waals surface area contributed by atoms with Gasteiger partial charge in [-0.2, -0.15) is 0 Å². The van der Waals surface area contributed by atoms with Crippen molar-refractivity contribution < 1.29 is 14.0 Å². The first-order valence-corrected chi connectivity index (χ1v) is 6.96. The number of halogens is 1. The van der Waals surface area contributed by atoms with E-state index < -0.39 is 7.60 Å². The quantitative estimate of drug-likeness (QED) is 0.867. The van der Waals surface area contributed by atoms with Gasteiger partial charge in [-0.1, -0.05) is 6.92 Å². The van der Waals surface area contributed by atoms with Crippen molar-refractivity contribution in [2.24, 2.45) is 0 Å². The first-order chi connectivity index (χ1) is 6.95. The molecular formula is C9H13BrNO3P. The van der Waals surface area contributed by atoms with Crippen LogP contribution < -0.4 is 5.44 Å². The summed E-state index contributed by atoms with van der Waals surface area (Å²) >= 11 is 3.20. The van der Waals surface area contributed by atoms with Crippen LogP contribution >= 0.6 is 23.5 Å². The van der Waals surface area contributed by atoms with Gasteiger partial charge in [-0.3, -0.25) is 4.57 Å². The molecule has 0 fully saturated rings. The highest BCUT2D eigenvalue weighted by molar-refractivity contribution is 9.10. The number of nitrogens with zero attached hydrogens (tertiary/aromatic N) is 1. The molecule has 0 aromatic carbocycles. The standard InChI is InChI=1S/C9H13BrNO3P/c1-3-7(2)14-15(12,13)9-5-4-8(10)6-11-9/h4-7H,3H2,1-2H3,(H,12,13). The molecule has 1 aromatic rings. The van der Waals surface area contributed by atoms with E-state index in [1.807, 2.05) is 6.92 Å². The second-order valence-corrected chi connectivity index (χ2v) is 5.80. The Labute approximate surface area is 97.3 Å². The lowest BCUT2D eigenvalue weighted by molar-refractivity contribution is 0.192. The van der Waals surface area contributed by atoms with Crippen LogP contribution in [-0.2, 0) is 9.09 Å². The van der Waals surface area contributed by atoms with Crippen molar-refractivity contribution in [2.45, 2.75) is 26.4 Å². The summed E-state index contributed by atoms with van der Waals surface area (Å²) in [6.45, 7) is 3.64. The molecule has 0 radical (unpaired) electrons. The van der Waals surface area contributed by atoms with Crippen molar-refractivity contribution in [2.75, 3.05) is 0 Å². The summed E-state index contributed by atoms with van der Waals surface area (Å²) in [4.78, 5) is 13.5. The molecule has 1 heterocycles. The topological polar surface area (TPSA) is 59.4 Å². The van der Waals surface area contributed by atoms with E-state index in [0.717, 1.165) is 4.47 Å². The van der Waals surface area contributed by atoms with Crippen molar-refractivity contribution in [3.8, 4) is 0 Å². The third-order valence-electron chi connectivity index (χ3n) is 1.90. The Morgan fingerprint density at radius 1 is 1.67 bits per heavy atom. The smallest absolute Gasteiger partial charge is 0.320 e.